The largest absolute Gasteiger partial charge is 0.478 e. The summed E-state index contributed by atoms with van der Waals surface area (Å²) in [6, 6.07) is 0. The Labute approximate surface area is 68.2 Å². The number of aromatic amines is 1. The second kappa shape index (κ2) is 3.39. The van der Waals surface area contributed by atoms with Gasteiger partial charge in [0.25, 0.3) is 0 Å². The number of nitrogens with zero attached hydrogens (tertiary/aromatic N) is 1. The molecule has 0 saturated carbocycles. The van der Waals surface area contributed by atoms with Crippen LogP contribution in [-0.4, -0.2) is 16.6 Å². The van der Waals surface area contributed by atoms with E-state index in [0.29, 0.717) is 11.6 Å². The highest BCUT2D eigenvalue weighted by Crippen LogP contribution is 2.16. The summed E-state index contributed by atoms with van der Waals surface area (Å²) >= 11 is 5.62. The van der Waals surface area contributed by atoms with Crippen molar-refractivity contribution in [2.75, 3.05) is 6.61 Å². The van der Waals surface area contributed by atoms with Crippen molar-refractivity contribution in [3.05, 3.63) is 21.7 Å². The van der Waals surface area contributed by atoms with Crippen LogP contribution in [0.5, 0.6) is 5.88 Å². The lowest BCUT2D eigenvalue weighted by Crippen LogP contribution is -2.11. The number of ether oxygens (including phenoxy) is 1. The van der Waals surface area contributed by atoms with Crippen LogP contribution in [0, 0.1) is 0 Å². The Balaban J connectivity index is 3.02. The fourth-order valence-corrected chi connectivity index (χ4v) is 0.763. The van der Waals surface area contributed by atoms with Crippen LogP contribution in [0.4, 0.5) is 0 Å². The minimum absolute atomic E-state index is 0.272. The molecular formula is C6H7ClN2O2. The molecule has 1 aromatic rings. The van der Waals surface area contributed by atoms with Crippen molar-refractivity contribution >= 4 is 11.6 Å². The van der Waals surface area contributed by atoms with Gasteiger partial charge in [0, 0.05) is 0 Å². The van der Waals surface area contributed by atoms with Crippen molar-refractivity contribution in [2.45, 2.75) is 6.92 Å². The molecule has 0 saturated heterocycles. The maximum absolute atomic E-state index is 10.6. The Morgan fingerprint density at radius 1 is 1.82 bits per heavy atom. The number of rotatable bonds is 2. The third-order valence-corrected chi connectivity index (χ3v) is 1.29. The summed E-state index contributed by atoms with van der Waals surface area (Å²) in [6.07, 6.45) is 1.26. The number of hydrogen-bond acceptors (Lipinski definition) is 3. The highest BCUT2D eigenvalue weighted by Gasteiger charge is 2.00. The van der Waals surface area contributed by atoms with Gasteiger partial charge in [-0.2, -0.15) is 4.98 Å². The number of aromatic nitrogens is 2. The van der Waals surface area contributed by atoms with E-state index in [0.717, 1.165) is 0 Å². The Morgan fingerprint density at radius 2 is 2.55 bits per heavy atom. The van der Waals surface area contributed by atoms with Gasteiger partial charge in [-0.3, -0.25) is 4.98 Å². The molecule has 1 heterocycles. The molecule has 0 aliphatic rings. The minimum Gasteiger partial charge on any atom is -0.478 e. The standard InChI is InChI=1S/C6H7ClN2O2/c1-2-11-5-4(7)3-8-6(10)9-5/h3H,2H2,1H3,(H,8,9,10). The van der Waals surface area contributed by atoms with Gasteiger partial charge in [-0.05, 0) is 6.92 Å². The zero-order valence-corrected chi connectivity index (χ0v) is 6.68. The predicted molar refractivity (Wildman–Crippen MR) is 41.0 cm³/mol. The second-order valence-electron chi connectivity index (χ2n) is 1.80. The van der Waals surface area contributed by atoms with E-state index in [-0.39, 0.29) is 5.88 Å². The first-order valence-electron chi connectivity index (χ1n) is 3.11. The molecule has 0 aliphatic heterocycles. The quantitative estimate of drug-likeness (QED) is 0.723. The molecule has 0 unspecified atom stereocenters. The average molecular weight is 175 g/mol. The molecule has 4 nitrogen and oxygen atoms in total. The van der Waals surface area contributed by atoms with Crippen molar-refractivity contribution in [1.29, 1.82) is 0 Å². The summed E-state index contributed by atoms with van der Waals surface area (Å²) in [5.74, 6) is 0.272. The van der Waals surface area contributed by atoms with E-state index in [1.165, 1.54) is 6.20 Å². The molecule has 0 amide bonds. The van der Waals surface area contributed by atoms with Crippen LogP contribution >= 0.6 is 11.6 Å². The van der Waals surface area contributed by atoms with E-state index in [2.05, 4.69) is 9.97 Å². The molecule has 1 N–H and O–H groups in total. The van der Waals surface area contributed by atoms with E-state index < -0.39 is 5.69 Å². The van der Waals surface area contributed by atoms with Gasteiger partial charge in [-0.1, -0.05) is 11.6 Å². The molecule has 1 aromatic heterocycles. The Morgan fingerprint density at radius 3 is 3.18 bits per heavy atom. The second-order valence-corrected chi connectivity index (χ2v) is 2.21. The molecule has 11 heavy (non-hydrogen) atoms. The number of nitrogens with one attached hydrogen (secondary N) is 1. The molecule has 0 bridgehead atoms. The zero-order chi connectivity index (χ0) is 8.27. The lowest BCUT2D eigenvalue weighted by atomic mass is 10.6. The van der Waals surface area contributed by atoms with Crippen molar-refractivity contribution in [2.24, 2.45) is 0 Å². The van der Waals surface area contributed by atoms with Crippen LogP contribution in [0.25, 0.3) is 0 Å². The molecule has 0 radical (unpaired) electrons. The molecule has 0 spiro atoms. The van der Waals surface area contributed by atoms with Crippen molar-refractivity contribution in [3.63, 3.8) is 0 Å². The van der Waals surface area contributed by atoms with E-state index in [9.17, 15) is 4.79 Å². The van der Waals surface area contributed by atoms with Gasteiger partial charge in [-0.25, -0.2) is 4.79 Å². The fourth-order valence-electron chi connectivity index (χ4n) is 0.612. The molecular weight excluding hydrogens is 168 g/mol. The highest BCUT2D eigenvalue weighted by molar-refractivity contribution is 6.31. The van der Waals surface area contributed by atoms with Crippen LogP contribution in [0.3, 0.4) is 0 Å². The lowest BCUT2D eigenvalue weighted by molar-refractivity contribution is 0.325. The van der Waals surface area contributed by atoms with Gasteiger partial charge in [-0.15, -0.1) is 0 Å². The average Bonchev–Trinajstić information content (AvgIpc) is 1.98. The Bertz CT molecular complexity index is 297. The van der Waals surface area contributed by atoms with Crippen LogP contribution < -0.4 is 10.4 Å². The molecule has 5 heteroatoms. The first-order valence-corrected chi connectivity index (χ1v) is 3.49. The van der Waals surface area contributed by atoms with Crippen LogP contribution in [0.1, 0.15) is 6.92 Å². The molecule has 1 rings (SSSR count). The first-order chi connectivity index (χ1) is 5.24. The Kier molecular flexibility index (Phi) is 2.48. The van der Waals surface area contributed by atoms with Crippen molar-refractivity contribution < 1.29 is 4.74 Å². The smallest absolute Gasteiger partial charge is 0.347 e. The number of halogens is 1. The third kappa shape index (κ3) is 1.94. The summed E-state index contributed by atoms with van der Waals surface area (Å²) in [6.45, 7) is 2.26. The van der Waals surface area contributed by atoms with Gasteiger partial charge < -0.3 is 4.74 Å². The van der Waals surface area contributed by atoms with Gasteiger partial charge in [0.1, 0.15) is 5.02 Å². The SMILES string of the molecule is CCOc1[nH]c(=O)ncc1Cl. The van der Waals surface area contributed by atoms with Crippen LogP contribution in [-0.2, 0) is 0 Å². The maximum atomic E-state index is 10.6. The number of hydrogen-bond donors (Lipinski definition) is 1. The minimum atomic E-state index is -0.460. The van der Waals surface area contributed by atoms with E-state index >= 15 is 0 Å². The molecule has 0 aromatic carbocycles. The summed E-state index contributed by atoms with van der Waals surface area (Å²) in [4.78, 5) is 16.4. The Hall–Kier alpha value is -1.03. The molecule has 0 atom stereocenters. The third-order valence-electron chi connectivity index (χ3n) is 1.02. The summed E-state index contributed by atoms with van der Waals surface area (Å²) in [7, 11) is 0. The van der Waals surface area contributed by atoms with E-state index in [4.69, 9.17) is 16.3 Å². The van der Waals surface area contributed by atoms with Crippen molar-refractivity contribution in [1.82, 2.24) is 9.97 Å². The van der Waals surface area contributed by atoms with Crippen LogP contribution in [0.15, 0.2) is 11.0 Å². The van der Waals surface area contributed by atoms with E-state index in [1.54, 1.807) is 6.92 Å². The zero-order valence-electron chi connectivity index (χ0n) is 5.93. The van der Waals surface area contributed by atoms with Gasteiger partial charge in [0.2, 0.25) is 5.88 Å². The molecule has 60 valence electrons. The topological polar surface area (TPSA) is 55.0 Å². The van der Waals surface area contributed by atoms with Gasteiger partial charge in [0.05, 0.1) is 12.8 Å². The summed E-state index contributed by atoms with van der Waals surface area (Å²) < 4.78 is 4.99. The van der Waals surface area contributed by atoms with Crippen LogP contribution in [0.2, 0.25) is 5.02 Å². The van der Waals surface area contributed by atoms with Gasteiger partial charge in [0.15, 0.2) is 0 Å². The predicted octanol–water partition coefficient (Wildman–Crippen LogP) is 0.822. The highest BCUT2D eigenvalue weighted by atomic mass is 35.5. The first kappa shape index (κ1) is 8.07. The van der Waals surface area contributed by atoms with Crippen molar-refractivity contribution in [3.8, 4) is 5.88 Å². The summed E-state index contributed by atoms with van der Waals surface area (Å²) in [5.41, 5.74) is -0.460. The molecule has 0 aliphatic carbocycles. The fraction of sp³-hybridized carbons (Fsp3) is 0.333. The van der Waals surface area contributed by atoms with Gasteiger partial charge >= 0.3 is 5.69 Å². The monoisotopic (exact) mass is 174 g/mol. The normalized spacial score (nSPS) is 9.64. The molecule has 0 fully saturated rings. The number of H-pyrrole nitrogens is 1. The van der Waals surface area contributed by atoms with E-state index in [1.807, 2.05) is 0 Å². The summed E-state index contributed by atoms with van der Waals surface area (Å²) in [5, 5.41) is 0.312. The lowest BCUT2D eigenvalue weighted by Gasteiger charge is -2.01. The maximum Gasteiger partial charge on any atom is 0.347 e.